The zero-order valence-corrected chi connectivity index (χ0v) is 24.9. The van der Waals surface area contributed by atoms with E-state index in [1.54, 1.807) is 12.3 Å². The van der Waals surface area contributed by atoms with Gasteiger partial charge in [0, 0.05) is 49.0 Å². The minimum absolute atomic E-state index is 0.0707. The van der Waals surface area contributed by atoms with Gasteiger partial charge in [-0.2, -0.15) is 0 Å². The van der Waals surface area contributed by atoms with Gasteiger partial charge in [0.15, 0.2) is 0 Å². The number of fused-ring (bicyclic) bond motifs is 2. The molecule has 1 saturated heterocycles. The fourth-order valence-corrected chi connectivity index (χ4v) is 6.76. The number of benzene rings is 2. The van der Waals surface area contributed by atoms with Crippen molar-refractivity contribution in [1.82, 2.24) is 19.8 Å². The van der Waals surface area contributed by atoms with Crippen LogP contribution in [0.5, 0.6) is 5.75 Å². The van der Waals surface area contributed by atoms with Gasteiger partial charge in [-0.1, -0.05) is 18.2 Å². The van der Waals surface area contributed by atoms with Gasteiger partial charge in [0.1, 0.15) is 29.4 Å². The smallest absolute Gasteiger partial charge is 0.320 e. The van der Waals surface area contributed by atoms with E-state index in [-0.39, 0.29) is 37.1 Å². The number of halogens is 1. The summed E-state index contributed by atoms with van der Waals surface area (Å²) in [5, 5.41) is 11.6. The number of amides is 3. The third kappa shape index (κ3) is 4.84. The van der Waals surface area contributed by atoms with E-state index in [2.05, 4.69) is 22.1 Å². The number of likely N-dealkylation sites (tertiary alicyclic amines) is 1. The Labute approximate surface area is 259 Å². The number of urea groups is 1. The van der Waals surface area contributed by atoms with Crippen LogP contribution in [0.15, 0.2) is 54.7 Å². The van der Waals surface area contributed by atoms with E-state index in [9.17, 15) is 14.7 Å². The van der Waals surface area contributed by atoms with Gasteiger partial charge in [0.2, 0.25) is 0 Å². The minimum Gasteiger partial charge on any atom is -0.491 e. The third-order valence-electron chi connectivity index (χ3n) is 9.53. The molecule has 0 bridgehead atoms. The summed E-state index contributed by atoms with van der Waals surface area (Å²) in [6.45, 7) is 3.00. The highest BCUT2D eigenvalue weighted by Crippen LogP contribution is 2.44. The van der Waals surface area contributed by atoms with Gasteiger partial charge in [-0.25, -0.2) is 14.2 Å². The normalized spacial score (nSPS) is 18.3. The maximum Gasteiger partial charge on any atom is 0.320 e. The van der Waals surface area contributed by atoms with E-state index < -0.39 is 11.7 Å². The lowest BCUT2D eigenvalue weighted by Gasteiger charge is -2.37. The van der Waals surface area contributed by atoms with E-state index >= 15 is 4.39 Å². The van der Waals surface area contributed by atoms with Crippen LogP contribution in [0.2, 0.25) is 0 Å². The summed E-state index contributed by atoms with van der Waals surface area (Å²) >= 11 is 0. The van der Waals surface area contributed by atoms with Crippen molar-refractivity contribution < 1.29 is 23.8 Å². The Morgan fingerprint density at radius 2 is 1.93 bits per heavy atom. The number of aromatic amines is 1. The molecule has 45 heavy (non-hydrogen) atoms. The number of H-pyrrole nitrogens is 1. The third-order valence-corrected chi connectivity index (χ3v) is 9.53. The molecule has 1 aliphatic carbocycles. The van der Waals surface area contributed by atoms with Gasteiger partial charge in [0.05, 0.1) is 18.8 Å². The molecular formula is C35H34FN5O4. The zero-order chi connectivity index (χ0) is 30.7. The summed E-state index contributed by atoms with van der Waals surface area (Å²) in [4.78, 5) is 39.8. The first-order valence-electron chi connectivity index (χ1n) is 15.7. The van der Waals surface area contributed by atoms with Crippen LogP contribution >= 0.6 is 0 Å². The number of aliphatic hydroxyl groups excluding tert-OH is 1. The van der Waals surface area contributed by atoms with Crippen molar-refractivity contribution in [2.24, 2.45) is 0 Å². The van der Waals surface area contributed by atoms with Crippen LogP contribution in [-0.4, -0.2) is 76.1 Å². The number of aromatic nitrogens is 2. The SMILES string of the molecule is O=C(N1CC=C(c2cc3c(-c4cccc(N5CCOc6cc(C7CC7)cc(F)c6C5=O)c4CO)ccnc3[nH]2)CC1)N1CCC1. The fourth-order valence-electron chi connectivity index (χ4n) is 6.76. The number of ether oxygens (including phenoxy) is 1. The second-order valence-electron chi connectivity index (χ2n) is 12.3. The molecule has 4 aliphatic rings. The van der Waals surface area contributed by atoms with Crippen LogP contribution in [0.4, 0.5) is 14.9 Å². The maximum atomic E-state index is 15.4. The van der Waals surface area contributed by atoms with Crippen molar-refractivity contribution in [3.63, 3.8) is 0 Å². The first-order chi connectivity index (χ1) is 22.0. The highest BCUT2D eigenvalue weighted by molar-refractivity contribution is 6.09. The van der Waals surface area contributed by atoms with Gasteiger partial charge < -0.3 is 29.5 Å². The standard InChI is InChI=1S/C35H34FN5O4/c36-28-17-23(21-5-6-21)18-31-32(28)34(43)41(15-16-45-31)30-4-1-3-24(27(30)20-42)25-7-10-37-33-26(25)19-29(38-33)22-8-13-40(14-9-22)35(44)39-11-2-12-39/h1,3-4,7-8,10,17-19,21,42H,2,5-6,9,11-16,20H2,(H,37,38). The highest BCUT2D eigenvalue weighted by Gasteiger charge is 2.33. The number of anilines is 1. The summed E-state index contributed by atoms with van der Waals surface area (Å²) < 4.78 is 21.3. The second-order valence-corrected chi connectivity index (χ2v) is 12.3. The molecule has 10 heteroatoms. The molecule has 3 aliphatic heterocycles. The first-order valence-corrected chi connectivity index (χ1v) is 15.7. The largest absolute Gasteiger partial charge is 0.491 e. The van der Waals surface area contributed by atoms with Crippen LogP contribution in [0.1, 0.15) is 58.8 Å². The highest BCUT2D eigenvalue weighted by atomic mass is 19.1. The van der Waals surface area contributed by atoms with Crippen molar-refractivity contribution in [2.45, 2.75) is 38.2 Å². The van der Waals surface area contributed by atoms with Crippen molar-refractivity contribution in [1.29, 1.82) is 0 Å². The van der Waals surface area contributed by atoms with Crippen molar-refractivity contribution >= 4 is 34.2 Å². The lowest BCUT2D eigenvalue weighted by molar-refractivity contribution is 0.0985. The predicted molar refractivity (Wildman–Crippen MR) is 169 cm³/mol. The predicted octanol–water partition coefficient (Wildman–Crippen LogP) is 5.69. The summed E-state index contributed by atoms with van der Waals surface area (Å²) in [5.41, 5.74) is 6.29. The average molecular weight is 608 g/mol. The number of nitrogens with zero attached hydrogens (tertiary/aromatic N) is 4. The van der Waals surface area contributed by atoms with Crippen molar-refractivity contribution in [3.05, 3.63) is 82.9 Å². The van der Waals surface area contributed by atoms with Crippen LogP contribution in [-0.2, 0) is 6.61 Å². The molecule has 2 aromatic heterocycles. The van der Waals surface area contributed by atoms with E-state index in [1.807, 2.05) is 34.1 Å². The van der Waals surface area contributed by atoms with Crippen LogP contribution in [0.25, 0.3) is 27.7 Å². The molecule has 3 amide bonds. The van der Waals surface area contributed by atoms with Gasteiger partial charge in [-0.05, 0) is 84.2 Å². The van der Waals surface area contributed by atoms with E-state index in [0.717, 1.165) is 72.1 Å². The molecule has 0 atom stereocenters. The number of carbonyl (C=O) groups is 2. The van der Waals surface area contributed by atoms with Crippen LogP contribution < -0.4 is 9.64 Å². The quantitative estimate of drug-likeness (QED) is 0.304. The lowest BCUT2D eigenvalue weighted by atomic mass is 9.95. The van der Waals surface area contributed by atoms with Gasteiger partial charge in [-0.3, -0.25) is 4.79 Å². The summed E-state index contributed by atoms with van der Waals surface area (Å²) in [6, 6.07) is 12.9. The number of rotatable bonds is 5. The summed E-state index contributed by atoms with van der Waals surface area (Å²) in [6.07, 6.45) is 7.67. The Kier molecular flexibility index (Phi) is 6.82. The number of pyridine rings is 1. The molecule has 0 spiro atoms. The molecule has 2 fully saturated rings. The van der Waals surface area contributed by atoms with E-state index in [4.69, 9.17) is 4.74 Å². The van der Waals surface area contributed by atoms with Crippen LogP contribution in [0.3, 0.4) is 0 Å². The van der Waals surface area contributed by atoms with E-state index in [1.165, 1.54) is 11.0 Å². The molecule has 230 valence electrons. The Bertz CT molecular complexity index is 1880. The molecule has 9 nitrogen and oxygen atoms in total. The molecule has 1 saturated carbocycles. The molecule has 2 N–H and O–H groups in total. The monoisotopic (exact) mass is 607 g/mol. The Morgan fingerprint density at radius 1 is 1.07 bits per heavy atom. The minimum atomic E-state index is -0.575. The Hall–Kier alpha value is -4.70. The number of carbonyl (C=O) groups excluding carboxylic acids is 2. The number of aliphatic hydroxyl groups is 1. The number of nitrogens with one attached hydrogen (secondary N) is 1. The molecule has 2 aromatic carbocycles. The molecular weight excluding hydrogens is 573 g/mol. The van der Waals surface area contributed by atoms with E-state index in [0.29, 0.717) is 35.9 Å². The lowest BCUT2D eigenvalue weighted by Crippen LogP contribution is -2.50. The van der Waals surface area contributed by atoms with Gasteiger partial charge >= 0.3 is 6.03 Å². The first kappa shape index (κ1) is 27.8. The summed E-state index contributed by atoms with van der Waals surface area (Å²) in [7, 11) is 0. The number of hydrogen-bond acceptors (Lipinski definition) is 5. The fraction of sp³-hybridized carbons (Fsp3) is 0.343. The number of hydrogen-bond donors (Lipinski definition) is 2. The van der Waals surface area contributed by atoms with Crippen LogP contribution in [0, 0.1) is 5.82 Å². The average Bonchev–Trinajstić information content (AvgIpc) is 3.81. The molecule has 0 unspecified atom stereocenters. The van der Waals surface area contributed by atoms with Gasteiger partial charge in [0.25, 0.3) is 5.91 Å². The molecule has 0 radical (unpaired) electrons. The molecule has 5 heterocycles. The summed E-state index contributed by atoms with van der Waals surface area (Å²) in [5.74, 6) is -0.445. The Morgan fingerprint density at radius 3 is 2.67 bits per heavy atom. The van der Waals surface area contributed by atoms with Crippen molar-refractivity contribution in [3.8, 4) is 16.9 Å². The molecule has 4 aromatic rings. The maximum absolute atomic E-state index is 15.4. The Balaban J connectivity index is 1.13. The topological polar surface area (TPSA) is 102 Å². The second kappa shape index (κ2) is 11.0. The van der Waals surface area contributed by atoms with Crippen molar-refractivity contribution in [2.75, 3.05) is 44.2 Å². The zero-order valence-electron chi connectivity index (χ0n) is 24.9. The van der Waals surface area contributed by atoms with Gasteiger partial charge in [-0.15, -0.1) is 0 Å². The molecule has 8 rings (SSSR count).